The van der Waals surface area contributed by atoms with Gasteiger partial charge in [0.15, 0.2) is 0 Å². The zero-order valence-electron chi connectivity index (χ0n) is 9.90. The quantitative estimate of drug-likeness (QED) is 0.907. The zero-order valence-corrected chi connectivity index (χ0v) is 9.90. The second-order valence-corrected chi connectivity index (χ2v) is 4.21. The van der Waals surface area contributed by atoms with E-state index in [0.29, 0.717) is 5.69 Å². The highest BCUT2D eigenvalue weighted by Gasteiger charge is 2.14. The molecule has 2 nitrogen and oxygen atoms in total. The van der Waals surface area contributed by atoms with Crippen LogP contribution in [0.3, 0.4) is 0 Å². The monoisotopic (exact) mass is 249 g/mol. The number of nitrogens with zero attached hydrogens (tertiary/aromatic N) is 1. The molecule has 2 rings (SSSR count). The SMILES string of the molecule is Cc1ccc(CC(O)c2ccc(F)cc2F)nc1. The molecule has 2 aromatic rings. The Balaban J connectivity index is 2.16. The second kappa shape index (κ2) is 5.23. The van der Waals surface area contributed by atoms with Gasteiger partial charge in [-0.15, -0.1) is 0 Å². The smallest absolute Gasteiger partial charge is 0.131 e. The van der Waals surface area contributed by atoms with Crippen LogP contribution < -0.4 is 0 Å². The van der Waals surface area contributed by atoms with Gasteiger partial charge in [0.25, 0.3) is 0 Å². The number of aliphatic hydroxyl groups is 1. The molecule has 0 saturated heterocycles. The van der Waals surface area contributed by atoms with E-state index in [1.165, 1.54) is 6.07 Å². The Labute approximate surface area is 104 Å². The van der Waals surface area contributed by atoms with Crippen molar-refractivity contribution >= 4 is 0 Å². The van der Waals surface area contributed by atoms with Crippen molar-refractivity contribution in [3.8, 4) is 0 Å². The summed E-state index contributed by atoms with van der Waals surface area (Å²) in [6.45, 7) is 1.91. The molecule has 0 spiro atoms. The molecule has 0 fully saturated rings. The van der Waals surface area contributed by atoms with Crippen molar-refractivity contribution in [1.82, 2.24) is 4.98 Å². The summed E-state index contributed by atoms with van der Waals surface area (Å²) in [6, 6.07) is 6.80. The number of aromatic nitrogens is 1. The van der Waals surface area contributed by atoms with Crippen molar-refractivity contribution in [2.75, 3.05) is 0 Å². The molecule has 1 unspecified atom stereocenters. The lowest BCUT2D eigenvalue weighted by atomic mass is 10.0. The molecule has 0 aliphatic rings. The number of halogens is 2. The third-order valence-corrected chi connectivity index (χ3v) is 2.70. The highest BCUT2D eigenvalue weighted by molar-refractivity contribution is 5.23. The summed E-state index contributed by atoms with van der Waals surface area (Å²) >= 11 is 0. The molecule has 1 aromatic heterocycles. The summed E-state index contributed by atoms with van der Waals surface area (Å²) in [5, 5.41) is 9.91. The fourth-order valence-electron chi connectivity index (χ4n) is 1.70. The van der Waals surface area contributed by atoms with Gasteiger partial charge in [0.2, 0.25) is 0 Å². The lowest BCUT2D eigenvalue weighted by Crippen LogP contribution is -2.06. The minimum absolute atomic E-state index is 0.0822. The summed E-state index contributed by atoms with van der Waals surface area (Å²) in [6.07, 6.45) is 0.854. The molecule has 0 aliphatic heterocycles. The average Bonchev–Trinajstić information content (AvgIpc) is 2.32. The number of rotatable bonds is 3. The lowest BCUT2D eigenvalue weighted by Gasteiger charge is -2.11. The van der Waals surface area contributed by atoms with Crippen LogP contribution in [0.15, 0.2) is 36.5 Å². The number of hydrogen-bond donors (Lipinski definition) is 1. The second-order valence-electron chi connectivity index (χ2n) is 4.21. The van der Waals surface area contributed by atoms with Gasteiger partial charge in [-0.2, -0.15) is 0 Å². The Bertz CT molecular complexity index is 540. The van der Waals surface area contributed by atoms with Gasteiger partial charge in [-0.3, -0.25) is 4.98 Å². The van der Waals surface area contributed by atoms with Crippen molar-refractivity contribution in [1.29, 1.82) is 0 Å². The van der Waals surface area contributed by atoms with Crippen LogP contribution in [0.25, 0.3) is 0 Å². The molecule has 0 saturated carbocycles. The summed E-state index contributed by atoms with van der Waals surface area (Å²) in [5.41, 5.74) is 1.76. The maximum absolute atomic E-state index is 13.4. The largest absolute Gasteiger partial charge is 0.388 e. The van der Waals surface area contributed by atoms with Crippen LogP contribution >= 0.6 is 0 Å². The van der Waals surface area contributed by atoms with E-state index < -0.39 is 17.7 Å². The van der Waals surface area contributed by atoms with Crippen LogP contribution in [0.2, 0.25) is 0 Å². The first-order valence-electron chi connectivity index (χ1n) is 5.61. The first kappa shape index (κ1) is 12.6. The van der Waals surface area contributed by atoms with Crippen LogP contribution in [0.4, 0.5) is 8.78 Å². The highest BCUT2D eigenvalue weighted by Crippen LogP contribution is 2.21. The summed E-state index contributed by atoms with van der Waals surface area (Å²) < 4.78 is 26.2. The summed E-state index contributed by atoms with van der Waals surface area (Å²) in [7, 11) is 0. The molecule has 0 bridgehead atoms. The van der Waals surface area contributed by atoms with E-state index in [1.807, 2.05) is 13.0 Å². The Morgan fingerprint density at radius 3 is 2.61 bits per heavy atom. The van der Waals surface area contributed by atoms with E-state index >= 15 is 0 Å². The molecule has 1 aromatic carbocycles. The van der Waals surface area contributed by atoms with Crippen molar-refractivity contribution in [3.05, 3.63) is 65.0 Å². The summed E-state index contributed by atoms with van der Waals surface area (Å²) in [4.78, 5) is 4.13. The van der Waals surface area contributed by atoms with E-state index in [4.69, 9.17) is 0 Å². The zero-order chi connectivity index (χ0) is 13.1. The van der Waals surface area contributed by atoms with E-state index in [1.54, 1.807) is 12.3 Å². The van der Waals surface area contributed by atoms with E-state index in [9.17, 15) is 13.9 Å². The fourth-order valence-corrected chi connectivity index (χ4v) is 1.70. The van der Waals surface area contributed by atoms with Crippen molar-refractivity contribution < 1.29 is 13.9 Å². The Morgan fingerprint density at radius 1 is 1.22 bits per heavy atom. The molecule has 0 amide bonds. The van der Waals surface area contributed by atoms with E-state index in [0.717, 1.165) is 17.7 Å². The molecular formula is C14H13F2NO. The molecule has 94 valence electrons. The number of pyridine rings is 1. The summed E-state index contributed by atoms with van der Waals surface area (Å²) in [5.74, 6) is -1.40. The number of aliphatic hydroxyl groups excluding tert-OH is 1. The third-order valence-electron chi connectivity index (χ3n) is 2.70. The van der Waals surface area contributed by atoms with E-state index in [2.05, 4.69) is 4.98 Å². The molecule has 0 radical (unpaired) electrons. The first-order chi connectivity index (χ1) is 8.56. The maximum atomic E-state index is 13.4. The molecule has 1 N–H and O–H groups in total. The van der Waals surface area contributed by atoms with Crippen LogP contribution in [-0.4, -0.2) is 10.1 Å². The van der Waals surface area contributed by atoms with Crippen LogP contribution in [0.1, 0.15) is 22.9 Å². The topological polar surface area (TPSA) is 33.1 Å². The highest BCUT2D eigenvalue weighted by atomic mass is 19.1. The lowest BCUT2D eigenvalue weighted by molar-refractivity contribution is 0.172. The Kier molecular flexibility index (Phi) is 3.67. The van der Waals surface area contributed by atoms with Crippen molar-refractivity contribution in [3.63, 3.8) is 0 Å². The minimum Gasteiger partial charge on any atom is -0.388 e. The first-order valence-corrected chi connectivity index (χ1v) is 5.61. The van der Waals surface area contributed by atoms with Gasteiger partial charge in [-0.05, 0) is 24.6 Å². The van der Waals surface area contributed by atoms with Gasteiger partial charge in [0.1, 0.15) is 11.6 Å². The minimum atomic E-state index is -1.03. The van der Waals surface area contributed by atoms with Crippen LogP contribution in [0.5, 0.6) is 0 Å². The Morgan fingerprint density at radius 2 is 2.00 bits per heavy atom. The van der Waals surface area contributed by atoms with Gasteiger partial charge in [-0.1, -0.05) is 12.1 Å². The van der Waals surface area contributed by atoms with Gasteiger partial charge < -0.3 is 5.11 Å². The standard InChI is InChI=1S/C14H13F2NO/c1-9-2-4-11(17-8-9)7-14(18)12-5-3-10(15)6-13(12)16/h2-6,8,14,18H,7H2,1H3. The van der Waals surface area contributed by atoms with E-state index in [-0.39, 0.29) is 12.0 Å². The van der Waals surface area contributed by atoms with Gasteiger partial charge in [0, 0.05) is 29.9 Å². The fraction of sp³-hybridized carbons (Fsp3) is 0.214. The molecular weight excluding hydrogens is 236 g/mol. The third kappa shape index (κ3) is 2.90. The normalized spacial score (nSPS) is 12.4. The van der Waals surface area contributed by atoms with Crippen molar-refractivity contribution in [2.45, 2.75) is 19.4 Å². The number of benzene rings is 1. The van der Waals surface area contributed by atoms with Gasteiger partial charge >= 0.3 is 0 Å². The van der Waals surface area contributed by atoms with Gasteiger partial charge in [0.05, 0.1) is 6.10 Å². The van der Waals surface area contributed by atoms with Gasteiger partial charge in [-0.25, -0.2) is 8.78 Å². The molecule has 0 aliphatic carbocycles. The average molecular weight is 249 g/mol. The molecule has 4 heteroatoms. The Hall–Kier alpha value is -1.81. The molecule has 1 heterocycles. The molecule has 18 heavy (non-hydrogen) atoms. The number of aryl methyl sites for hydroxylation is 1. The molecule has 1 atom stereocenters. The maximum Gasteiger partial charge on any atom is 0.131 e. The predicted octanol–water partition coefficient (Wildman–Crippen LogP) is 2.94. The van der Waals surface area contributed by atoms with Crippen LogP contribution in [-0.2, 0) is 6.42 Å². The van der Waals surface area contributed by atoms with Crippen LogP contribution in [0, 0.1) is 18.6 Å². The predicted molar refractivity (Wildman–Crippen MR) is 64.0 cm³/mol. The number of hydrogen-bond acceptors (Lipinski definition) is 2. The van der Waals surface area contributed by atoms with Crippen molar-refractivity contribution in [2.24, 2.45) is 0 Å².